The highest BCUT2D eigenvalue weighted by molar-refractivity contribution is 9.09. The fourth-order valence-electron chi connectivity index (χ4n) is 1.71. The summed E-state index contributed by atoms with van der Waals surface area (Å²) in [6.07, 6.45) is 1.21. The monoisotopic (exact) mass is 332 g/mol. The Morgan fingerprint density at radius 2 is 1.83 bits per heavy atom. The minimum atomic E-state index is -3.12. The molecule has 0 aliphatic carbocycles. The van der Waals surface area contributed by atoms with Gasteiger partial charge in [-0.15, -0.1) is 0 Å². The minimum Gasteiger partial charge on any atom is -0.306 e. The van der Waals surface area contributed by atoms with E-state index in [1.807, 2.05) is 0 Å². The molecule has 0 fully saturated rings. The molecule has 18 heavy (non-hydrogen) atoms. The van der Waals surface area contributed by atoms with E-state index < -0.39 is 15.1 Å². The summed E-state index contributed by atoms with van der Waals surface area (Å²) in [6.45, 7) is 1.65. The molecule has 0 radical (unpaired) electrons. The van der Waals surface area contributed by atoms with Crippen molar-refractivity contribution in [3.8, 4) is 0 Å². The Balaban J connectivity index is 2.45. The lowest BCUT2D eigenvalue weighted by molar-refractivity contribution is 0.588. The molecule has 98 valence electrons. The summed E-state index contributed by atoms with van der Waals surface area (Å²) < 4.78 is 23.0. The molecule has 1 aromatic heterocycles. The van der Waals surface area contributed by atoms with Crippen LogP contribution in [0.4, 0.5) is 0 Å². The molecule has 0 bridgehead atoms. The van der Waals surface area contributed by atoms with Gasteiger partial charge in [-0.1, -0.05) is 22.0 Å². The highest BCUT2D eigenvalue weighted by Crippen LogP contribution is 2.31. The smallest absolute Gasteiger partial charge is 0.306 e. The van der Waals surface area contributed by atoms with E-state index in [-0.39, 0.29) is 10.5 Å². The molecule has 2 aromatic rings. The zero-order valence-electron chi connectivity index (χ0n) is 9.90. The van der Waals surface area contributed by atoms with Crippen LogP contribution in [0.5, 0.6) is 0 Å². The summed E-state index contributed by atoms with van der Waals surface area (Å²) in [4.78, 5) is 16.1. The number of imidazole rings is 1. The third-order valence-electron chi connectivity index (χ3n) is 2.95. The molecule has 0 aliphatic heterocycles. The average Bonchev–Trinajstić information content (AvgIpc) is 2.64. The van der Waals surface area contributed by atoms with E-state index in [0.29, 0.717) is 11.0 Å². The predicted molar refractivity (Wildman–Crippen MR) is 74.9 cm³/mol. The molecule has 2 rings (SSSR count). The number of hydrogen-bond acceptors (Lipinski definition) is 3. The average molecular weight is 333 g/mol. The molecule has 1 aromatic carbocycles. The van der Waals surface area contributed by atoms with E-state index >= 15 is 0 Å². The van der Waals surface area contributed by atoms with Gasteiger partial charge in [0.05, 0.1) is 21.1 Å². The van der Waals surface area contributed by atoms with Crippen LogP contribution >= 0.6 is 15.9 Å². The molecule has 0 spiro atoms. The van der Waals surface area contributed by atoms with Gasteiger partial charge < -0.3 is 9.97 Å². The summed E-state index contributed by atoms with van der Waals surface area (Å²) in [5.41, 5.74) is 1.92. The lowest BCUT2D eigenvalue weighted by Gasteiger charge is -2.16. The van der Waals surface area contributed by atoms with E-state index in [1.54, 1.807) is 25.1 Å². The first-order chi connectivity index (χ1) is 8.29. The molecule has 2 atom stereocenters. The number of H-pyrrole nitrogens is 2. The topological polar surface area (TPSA) is 82.8 Å². The summed E-state index contributed by atoms with van der Waals surface area (Å²) in [5, 5.41) is -0.541. The maximum Gasteiger partial charge on any atom is 0.323 e. The number of aromatic amines is 2. The van der Waals surface area contributed by atoms with Crippen molar-refractivity contribution >= 4 is 36.8 Å². The van der Waals surface area contributed by atoms with Crippen LogP contribution in [0.15, 0.2) is 23.0 Å². The van der Waals surface area contributed by atoms with Crippen molar-refractivity contribution in [1.82, 2.24) is 9.97 Å². The fraction of sp³-hybridized carbons (Fsp3) is 0.364. The van der Waals surface area contributed by atoms with Gasteiger partial charge in [-0.25, -0.2) is 13.2 Å². The molecule has 1 heterocycles. The first-order valence-electron chi connectivity index (χ1n) is 5.34. The van der Waals surface area contributed by atoms with Crippen LogP contribution in [-0.4, -0.2) is 29.9 Å². The van der Waals surface area contributed by atoms with Crippen LogP contribution in [0, 0.1) is 0 Å². The standard InChI is InChI=1S/C11H13BrN2O3S/c1-6(18(2,16)17)10(12)7-3-4-8-9(5-7)14-11(15)13-8/h3-6,10H,1-2H3,(H2,13,14,15). The van der Waals surface area contributed by atoms with Crippen molar-refractivity contribution in [2.24, 2.45) is 0 Å². The van der Waals surface area contributed by atoms with Crippen LogP contribution in [0.3, 0.4) is 0 Å². The first-order valence-corrected chi connectivity index (χ1v) is 8.21. The van der Waals surface area contributed by atoms with Crippen molar-refractivity contribution in [1.29, 1.82) is 0 Å². The molecular weight excluding hydrogens is 320 g/mol. The Morgan fingerprint density at radius 3 is 2.44 bits per heavy atom. The fourth-order valence-corrected chi connectivity index (χ4v) is 3.76. The predicted octanol–water partition coefficient (Wildman–Crippen LogP) is 1.73. The highest BCUT2D eigenvalue weighted by atomic mass is 79.9. The number of halogens is 1. The quantitative estimate of drug-likeness (QED) is 0.839. The van der Waals surface area contributed by atoms with Crippen LogP contribution in [0.25, 0.3) is 11.0 Å². The number of aromatic nitrogens is 2. The van der Waals surface area contributed by atoms with Gasteiger partial charge >= 0.3 is 5.69 Å². The van der Waals surface area contributed by atoms with Crippen LogP contribution in [0.1, 0.15) is 17.3 Å². The Bertz CT molecular complexity index is 732. The molecule has 5 nitrogen and oxygen atoms in total. The van der Waals surface area contributed by atoms with Crippen molar-refractivity contribution in [2.45, 2.75) is 17.0 Å². The molecule has 0 amide bonds. The van der Waals surface area contributed by atoms with Crippen LogP contribution in [-0.2, 0) is 9.84 Å². The van der Waals surface area contributed by atoms with Gasteiger partial charge in [0.2, 0.25) is 0 Å². The third kappa shape index (κ3) is 2.51. The van der Waals surface area contributed by atoms with Crippen molar-refractivity contribution < 1.29 is 8.42 Å². The zero-order chi connectivity index (χ0) is 13.5. The largest absolute Gasteiger partial charge is 0.323 e. The summed E-state index contributed by atoms with van der Waals surface area (Å²) in [7, 11) is -3.12. The number of rotatable bonds is 3. The second-order valence-electron chi connectivity index (χ2n) is 4.32. The van der Waals surface area contributed by atoms with Crippen LogP contribution in [0.2, 0.25) is 0 Å². The number of nitrogens with one attached hydrogen (secondary N) is 2. The zero-order valence-corrected chi connectivity index (χ0v) is 12.3. The van der Waals surface area contributed by atoms with Gasteiger partial charge in [0.25, 0.3) is 0 Å². The molecule has 0 saturated carbocycles. The number of fused-ring (bicyclic) bond motifs is 1. The number of sulfone groups is 1. The highest BCUT2D eigenvalue weighted by Gasteiger charge is 2.25. The van der Waals surface area contributed by atoms with Crippen molar-refractivity contribution in [3.05, 3.63) is 34.2 Å². The van der Waals surface area contributed by atoms with Gasteiger partial charge in [-0.05, 0) is 24.6 Å². The van der Waals surface area contributed by atoms with Gasteiger partial charge in [0.1, 0.15) is 0 Å². The van der Waals surface area contributed by atoms with E-state index in [1.165, 1.54) is 6.26 Å². The molecule has 2 N–H and O–H groups in total. The van der Waals surface area contributed by atoms with E-state index in [9.17, 15) is 13.2 Å². The molecule has 0 aliphatic rings. The molecule has 0 saturated heterocycles. The van der Waals surface area contributed by atoms with Crippen molar-refractivity contribution in [2.75, 3.05) is 6.26 Å². The van der Waals surface area contributed by atoms with Gasteiger partial charge in [0.15, 0.2) is 9.84 Å². The number of alkyl halides is 1. The SMILES string of the molecule is CC(C(Br)c1ccc2[nH]c(=O)[nH]c2c1)S(C)(=O)=O. The Hall–Kier alpha value is -1.08. The third-order valence-corrected chi connectivity index (χ3v) is 6.24. The van der Waals surface area contributed by atoms with Gasteiger partial charge in [-0.3, -0.25) is 0 Å². The number of hydrogen-bond donors (Lipinski definition) is 2. The van der Waals surface area contributed by atoms with Crippen LogP contribution < -0.4 is 5.69 Å². The first kappa shape index (κ1) is 13.4. The lowest BCUT2D eigenvalue weighted by atomic mass is 10.1. The molecular formula is C11H13BrN2O3S. The van der Waals surface area contributed by atoms with Gasteiger partial charge in [0, 0.05) is 6.26 Å². The van der Waals surface area contributed by atoms with E-state index in [2.05, 4.69) is 25.9 Å². The molecule has 7 heteroatoms. The Morgan fingerprint density at radius 1 is 1.22 bits per heavy atom. The molecule has 2 unspecified atom stereocenters. The summed E-state index contributed by atoms with van der Waals surface area (Å²) >= 11 is 3.40. The second kappa shape index (κ2) is 4.55. The second-order valence-corrected chi connectivity index (χ2v) is 7.71. The minimum absolute atomic E-state index is 0.274. The normalized spacial score (nSPS) is 15.7. The van der Waals surface area contributed by atoms with Gasteiger partial charge in [-0.2, -0.15) is 0 Å². The van der Waals surface area contributed by atoms with E-state index in [0.717, 1.165) is 5.56 Å². The lowest BCUT2D eigenvalue weighted by Crippen LogP contribution is -2.20. The number of benzene rings is 1. The summed E-state index contributed by atoms with van der Waals surface area (Å²) in [5.74, 6) is 0. The maximum atomic E-state index is 11.5. The summed E-state index contributed by atoms with van der Waals surface area (Å²) in [6, 6.07) is 5.33. The van der Waals surface area contributed by atoms with E-state index in [4.69, 9.17) is 0 Å². The maximum absolute atomic E-state index is 11.5. The Labute approximate surface area is 113 Å². The Kier molecular flexibility index (Phi) is 3.37. The van der Waals surface area contributed by atoms with Crippen molar-refractivity contribution in [3.63, 3.8) is 0 Å².